The zero-order chi connectivity index (χ0) is 17.2. The summed E-state index contributed by atoms with van der Waals surface area (Å²) in [6.45, 7) is 4.39. The standard InChI is InChI=1S/C16H25N3O4/c1-11(2)4-7-16(15(22)23)10-19(9-6-13(16)20)14(21)12-5-8-18(3)17-12/h5,8,11,13,20H,4,6-7,9-10H2,1-3H3,(H,22,23)/t13-,16+/m0/s1. The quantitative estimate of drug-likeness (QED) is 0.847. The minimum atomic E-state index is -1.30. The highest BCUT2D eigenvalue weighted by Gasteiger charge is 2.50. The predicted octanol–water partition coefficient (Wildman–Crippen LogP) is 1.13. The number of likely N-dealkylation sites (tertiary alicyclic amines) is 1. The Morgan fingerprint density at radius 3 is 2.70 bits per heavy atom. The summed E-state index contributed by atoms with van der Waals surface area (Å²) in [6, 6.07) is 1.62. The van der Waals surface area contributed by atoms with Crippen LogP contribution in [0.15, 0.2) is 12.3 Å². The van der Waals surface area contributed by atoms with Crippen molar-refractivity contribution >= 4 is 11.9 Å². The van der Waals surface area contributed by atoms with Crippen molar-refractivity contribution in [2.24, 2.45) is 18.4 Å². The smallest absolute Gasteiger partial charge is 0.314 e. The molecule has 0 spiro atoms. The number of amides is 1. The fourth-order valence-corrected chi connectivity index (χ4v) is 3.05. The number of hydrogen-bond donors (Lipinski definition) is 2. The second-order valence-electron chi connectivity index (χ2n) is 6.80. The Bertz CT molecular complexity index is 584. The van der Waals surface area contributed by atoms with Gasteiger partial charge in [-0.3, -0.25) is 14.3 Å². The summed E-state index contributed by atoms with van der Waals surface area (Å²) in [5.74, 6) is -0.989. The zero-order valence-electron chi connectivity index (χ0n) is 13.9. The van der Waals surface area contributed by atoms with E-state index in [1.54, 1.807) is 19.3 Å². The first-order chi connectivity index (χ1) is 10.8. The van der Waals surface area contributed by atoms with Crippen molar-refractivity contribution in [3.05, 3.63) is 18.0 Å². The lowest BCUT2D eigenvalue weighted by Gasteiger charge is -2.43. The Morgan fingerprint density at radius 1 is 1.48 bits per heavy atom. The Balaban J connectivity index is 2.21. The van der Waals surface area contributed by atoms with E-state index in [0.29, 0.717) is 31.0 Å². The normalized spacial score (nSPS) is 24.9. The number of carboxylic acid groups (broad SMARTS) is 1. The molecule has 0 unspecified atom stereocenters. The maximum atomic E-state index is 12.5. The van der Waals surface area contributed by atoms with Crippen LogP contribution >= 0.6 is 0 Å². The highest BCUT2D eigenvalue weighted by atomic mass is 16.4. The van der Waals surface area contributed by atoms with Gasteiger partial charge in [0.1, 0.15) is 11.1 Å². The molecular weight excluding hydrogens is 298 g/mol. The maximum absolute atomic E-state index is 12.5. The first kappa shape index (κ1) is 17.5. The minimum Gasteiger partial charge on any atom is -0.481 e. The summed E-state index contributed by atoms with van der Waals surface area (Å²) in [5.41, 5.74) is -1.00. The number of carboxylic acids is 1. The molecule has 2 rings (SSSR count). The van der Waals surface area contributed by atoms with Gasteiger partial charge in [0.2, 0.25) is 0 Å². The van der Waals surface area contributed by atoms with Crippen molar-refractivity contribution in [2.75, 3.05) is 13.1 Å². The SMILES string of the molecule is CC(C)CC[C@@]1(C(=O)O)CN(C(=O)c2ccn(C)n2)CC[C@@H]1O. The van der Waals surface area contributed by atoms with Gasteiger partial charge in [0, 0.05) is 26.3 Å². The highest BCUT2D eigenvalue weighted by Crippen LogP contribution is 2.37. The van der Waals surface area contributed by atoms with Crippen LogP contribution in [0.4, 0.5) is 0 Å². The van der Waals surface area contributed by atoms with Crippen molar-refractivity contribution in [3.63, 3.8) is 0 Å². The number of carbonyl (C=O) groups excluding carboxylic acids is 1. The molecule has 2 atom stereocenters. The molecule has 1 aliphatic heterocycles. The summed E-state index contributed by atoms with van der Waals surface area (Å²) < 4.78 is 1.54. The Hall–Kier alpha value is -1.89. The number of aromatic nitrogens is 2. The Morgan fingerprint density at radius 2 is 2.17 bits per heavy atom. The lowest BCUT2D eigenvalue weighted by molar-refractivity contribution is -0.163. The molecule has 2 heterocycles. The number of aryl methyl sites for hydroxylation is 1. The van der Waals surface area contributed by atoms with Gasteiger partial charge in [-0.1, -0.05) is 13.8 Å². The molecule has 23 heavy (non-hydrogen) atoms. The Kier molecular flexibility index (Phi) is 5.09. The Labute approximate surface area is 135 Å². The molecule has 2 N–H and O–H groups in total. The van der Waals surface area contributed by atoms with Crippen LogP contribution in [-0.2, 0) is 11.8 Å². The summed E-state index contributed by atoms with van der Waals surface area (Å²) in [7, 11) is 1.72. The van der Waals surface area contributed by atoms with E-state index in [-0.39, 0.29) is 18.9 Å². The zero-order valence-corrected chi connectivity index (χ0v) is 13.9. The van der Waals surface area contributed by atoms with Crippen molar-refractivity contribution in [1.82, 2.24) is 14.7 Å². The first-order valence-electron chi connectivity index (χ1n) is 7.96. The van der Waals surface area contributed by atoms with E-state index >= 15 is 0 Å². The molecule has 0 bridgehead atoms. The third kappa shape index (κ3) is 3.55. The third-order valence-corrected chi connectivity index (χ3v) is 4.60. The van der Waals surface area contributed by atoms with E-state index in [9.17, 15) is 19.8 Å². The number of carbonyl (C=O) groups is 2. The van der Waals surface area contributed by atoms with Gasteiger partial charge in [0.25, 0.3) is 5.91 Å². The number of aliphatic hydroxyl groups is 1. The number of hydrogen-bond acceptors (Lipinski definition) is 4. The largest absolute Gasteiger partial charge is 0.481 e. The van der Waals surface area contributed by atoms with Crippen LogP contribution in [0.3, 0.4) is 0 Å². The van der Waals surface area contributed by atoms with Gasteiger partial charge < -0.3 is 15.1 Å². The molecule has 1 amide bonds. The van der Waals surface area contributed by atoms with E-state index in [1.807, 2.05) is 13.8 Å². The lowest BCUT2D eigenvalue weighted by Crippen LogP contribution is -2.57. The maximum Gasteiger partial charge on any atom is 0.314 e. The van der Waals surface area contributed by atoms with Crippen LogP contribution in [0, 0.1) is 11.3 Å². The monoisotopic (exact) mass is 323 g/mol. The third-order valence-electron chi connectivity index (χ3n) is 4.60. The summed E-state index contributed by atoms with van der Waals surface area (Å²) in [4.78, 5) is 25.9. The molecule has 0 radical (unpaired) electrons. The van der Waals surface area contributed by atoms with Gasteiger partial charge in [-0.25, -0.2) is 0 Å². The van der Waals surface area contributed by atoms with Crippen molar-refractivity contribution in [3.8, 4) is 0 Å². The second-order valence-corrected chi connectivity index (χ2v) is 6.80. The molecule has 7 nitrogen and oxygen atoms in total. The van der Waals surface area contributed by atoms with Crippen LogP contribution in [0.25, 0.3) is 0 Å². The van der Waals surface area contributed by atoms with Crippen LogP contribution < -0.4 is 0 Å². The van der Waals surface area contributed by atoms with Gasteiger partial charge in [-0.05, 0) is 31.2 Å². The van der Waals surface area contributed by atoms with E-state index in [1.165, 1.54) is 9.58 Å². The number of rotatable bonds is 5. The predicted molar refractivity (Wildman–Crippen MR) is 83.9 cm³/mol. The van der Waals surface area contributed by atoms with Gasteiger partial charge >= 0.3 is 5.97 Å². The molecule has 1 aromatic rings. The van der Waals surface area contributed by atoms with E-state index in [0.717, 1.165) is 0 Å². The highest BCUT2D eigenvalue weighted by molar-refractivity contribution is 5.93. The molecular formula is C16H25N3O4. The van der Waals surface area contributed by atoms with Crippen LogP contribution in [0.1, 0.15) is 43.6 Å². The van der Waals surface area contributed by atoms with Crippen LogP contribution in [0.5, 0.6) is 0 Å². The van der Waals surface area contributed by atoms with Crippen LogP contribution in [0.2, 0.25) is 0 Å². The average molecular weight is 323 g/mol. The van der Waals surface area contributed by atoms with Gasteiger partial charge in [-0.2, -0.15) is 5.10 Å². The fraction of sp³-hybridized carbons (Fsp3) is 0.688. The second kappa shape index (κ2) is 6.70. The molecule has 1 aromatic heterocycles. The van der Waals surface area contributed by atoms with Crippen molar-refractivity contribution in [2.45, 2.75) is 39.2 Å². The number of piperidine rings is 1. The fourth-order valence-electron chi connectivity index (χ4n) is 3.05. The van der Waals surface area contributed by atoms with E-state index in [2.05, 4.69) is 5.10 Å². The van der Waals surface area contributed by atoms with Gasteiger partial charge in [0.05, 0.1) is 6.10 Å². The summed E-state index contributed by atoms with van der Waals surface area (Å²) in [5, 5.41) is 24.2. The molecule has 1 fully saturated rings. The number of nitrogens with zero attached hydrogens (tertiary/aromatic N) is 3. The van der Waals surface area contributed by atoms with E-state index < -0.39 is 17.5 Å². The van der Waals surface area contributed by atoms with E-state index in [4.69, 9.17) is 0 Å². The molecule has 1 aliphatic rings. The first-order valence-corrected chi connectivity index (χ1v) is 7.96. The molecule has 0 saturated carbocycles. The van der Waals surface area contributed by atoms with Gasteiger partial charge in [-0.15, -0.1) is 0 Å². The molecule has 7 heteroatoms. The average Bonchev–Trinajstić information content (AvgIpc) is 2.92. The summed E-state index contributed by atoms with van der Waals surface area (Å²) in [6.07, 6.45) is 2.05. The molecule has 1 saturated heterocycles. The number of aliphatic hydroxyl groups excluding tert-OH is 1. The molecule has 128 valence electrons. The molecule has 0 aliphatic carbocycles. The van der Waals surface area contributed by atoms with Crippen LogP contribution in [-0.4, -0.2) is 56.0 Å². The summed E-state index contributed by atoms with van der Waals surface area (Å²) >= 11 is 0. The van der Waals surface area contributed by atoms with Gasteiger partial charge in [0.15, 0.2) is 0 Å². The molecule has 0 aromatic carbocycles. The minimum absolute atomic E-state index is 0.0195. The van der Waals surface area contributed by atoms with Crippen molar-refractivity contribution in [1.29, 1.82) is 0 Å². The number of aliphatic carboxylic acids is 1. The lowest BCUT2D eigenvalue weighted by atomic mass is 9.72. The van der Waals surface area contributed by atoms with Crippen molar-refractivity contribution < 1.29 is 19.8 Å². The topological polar surface area (TPSA) is 95.7 Å².